The first-order valence-corrected chi connectivity index (χ1v) is 7.49. The monoisotopic (exact) mass is 270 g/mol. The lowest BCUT2D eigenvalue weighted by Crippen LogP contribution is -2.63. The van der Waals surface area contributed by atoms with Gasteiger partial charge >= 0.3 is 0 Å². The normalized spacial score (nSPS) is 47.8. The molecule has 0 heterocycles. The van der Waals surface area contributed by atoms with Crippen molar-refractivity contribution >= 4 is 0 Å². The number of hydrogen-bond acceptors (Lipinski definition) is 4. The second kappa shape index (κ2) is 4.99. The first kappa shape index (κ1) is 13.8. The van der Waals surface area contributed by atoms with Crippen LogP contribution in [0.25, 0.3) is 0 Å². The van der Waals surface area contributed by atoms with Crippen molar-refractivity contribution in [1.82, 2.24) is 0 Å². The highest BCUT2D eigenvalue weighted by molar-refractivity contribution is 5.11. The van der Waals surface area contributed by atoms with Crippen LogP contribution in [0.15, 0.2) is 0 Å². The Bertz CT molecular complexity index is 310. The van der Waals surface area contributed by atoms with Crippen molar-refractivity contribution in [2.24, 2.45) is 17.8 Å². The van der Waals surface area contributed by atoms with Crippen LogP contribution in [0.5, 0.6) is 0 Å². The predicted octanol–water partition coefficient (Wildman–Crippen LogP) is 1.95. The topological polar surface area (TPSA) is 47.9 Å². The summed E-state index contributed by atoms with van der Waals surface area (Å²) in [5.41, 5.74) is -0.494. The van der Waals surface area contributed by atoms with Gasteiger partial charge < -0.3 is 19.3 Å². The van der Waals surface area contributed by atoms with Crippen LogP contribution in [0.3, 0.4) is 0 Å². The van der Waals surface area contributed by atoms with E-state index in [-0.39, 0.29) is 5.60 Å². The molecule has 0 spiro atoms. The summed E-state index contributed by atoms with van der Waals surface area (Å²) in [7, 11) is 1.67. The van der Waals surface area contributed by atoms with Gasteiger partial charge in [-0.25, -0.2) is 0 Å². The molecule has 4 heteroatoms. The first-order chi connectivity index (χ1) is 9.06. The molecule has 19 heavy (non-hydrogen) atoms. The van der Waals surface area contributed by atoms with Crippen LogP contribution >= 0.6 is 0 Å². The molecule has 4 aliphatic rings. The third-order valence-corrected chi connectivity index (χ3v) is 5.67. The molecule has 0 aromatic heterocycles. The quantitative estimate of drug-likeness (QED) is 0.592. The lowest BCUT2D eigenvalue weighted by atomic mass is 9.48. The van der Waals surface area contributed by atoms with E-state index in [0.29, 0.717) is 31.8 Å². The van der Waals surface area contributed by atoms with Gasteiger partial charge in [-0.1, -0.05) is 0 Å². The Balaban J connectivity index is 1.57. The fraction of sp³-hybridized carbons (Fsp3) is 1.00. The van der Waals surface area contributed by atoms with Crippen LogP contribution in [-0.4, -0.2) is 43.4 Å². The number of aliphatic hydroxyl groups is 1. The standard InChI is InChI=1S/C15H26O4/c1-14(16)12-5-11-6-13(14)9-15(7-11,8-12)19-10-18-4-3-17-2/h11-13,16H,3-10H2,1-2H3/t11?,12-,13+,14?,15?. The smallest absolute Gasteiger partial charge is 0.147 e. The molecule has 4 aliphatic carbocycles. The van der Waals surface area contributed by atoms with Crippen molar-refractivity contribution < 1.29 is 19.3 Å². The number of methoxy groups -OCH3 is 1. The van der Waals surface area contributed by atoms with E-state index in [9.17, 15) is 5.11 Å². The van der Waals surface area contributed by atoms with E-state index in [1.54, 1.807) is 7.11 Å². The number of rotatable bonds is 6. The molecule has 0 aliphatic heterocycles. The van der Waals surface area contributed by atoms with Gasteiger partial charge in [0.1, 0.15) is 6.79 Å². The largest absolute Gasteiger partial charge is 0.390 e. The minimum absolute atomic E-state index is 0.0220. The Morgan fingerprint density at radius 3 is 2.42 bits per heavy atom. The van der Waals surface area contributed by atoms with Gasteiger partial charge in [-0.15, -0.1) is 0 Å². The van der Waals surface area contributed by atoms with Gasteiger partial charge in [0.25, 0.3) is 0 Å². The molecule has 3 unspecified atom stereocenters. The van der Waals surface area contributed by atoms with Crippen LogP contribution in [0.1, 0.15) is 39.0 Å². The molecular formula is C15H26O4. The summed E-state index contributed by atoms with van der Waals surface area (Å²) < 4.78 is 16.5. The van der Waals surface area contributed by atoms with Crippen LogP contribution in [0.2, 0.25) is 0 Å². The first-order valence-electron chi connectivity index (χ1n) is 7.49. The summed E-state index contributed by atoms with van der Waals surface area (Å²) in [5.74, 6) is 1.58. The van der Waals surface area contributed by atoms with Crippen molar-refractivity contribution in [3.63, 3.8) is 0 Å². The molecule has 4 fully saturated rings. The Morgan fingerprint density at radius 2 is 1.79 bits per heavy atom. The summed E-state index contributed by atoms with van der Waals surface area (Å²) >= 11 is 0. The fourth-order valence-corrected chi connectivity index (χ4v) is 4.68. The molecule has 0 saturated heterocycles. The SMILES string of the molecule is COCCOCOC12CC3C[C@H](C1)C(C)(O)[C@@H](C3)C2. The maximum Gasteiger partial charge on any atom is 0.147 e. The molecule has 1 N–H and O–H groups in total. The van der Waals surface area contributed by atoms with Gasteiger partial charge in [0.15, 0.2) is 0 Å². The molecule has 4 bridgehead atoms. The van der Waals surface area contributed by atoms with E-state index >= 15 is 0 Å². The summed E-state index contributed by atoms with van der Waals surface area (Å²) in [4.78, 5) is 0. The average Bonchev–Trinajstić information content (AvgIpc) is 2.35. The summed E-state index contributed by atoms with van der Waals surface area (Å²) in [6, 6.07) is 0. The maximum atomic E-state index is 10.6. The minimum Gasteiger partial charge on any atom is -0.390 e. The van der Waals surface area contributed by atoms with E-state index in [1.807, 2.05) is 6.92 Å². The van der Waals surface area contributed by atoms with Crippen molar-refractivity contribution in [1.29, 1.82) is 0 Å². The van der Waals surface area contributed by atoms with Crippen molar-refractivity contribution in [2.75, 3.05) is 27.1 Å². The lowest BCUT2D eigenvalue weighted by Gasteiger charge is -2.62. The zero-order valence-electron chi connectivity index (χ0n) is 12.1. The summed E-state index contributed by atoms with van der Waals surface area (Å²) in [6.45, 7) is 3.58. The van der Waals surface area contributed by atoms with E-state index in [1.165, 1.54) is 12.8 Å². The van der Waals surface area contributed by atoms with Gasteiger partial charge in [0.2, 0.25) is 0 Å². The molecule has 0 aromatic rings. The van der Waals surface area contributed by atoms with Crippen LogP contribution in [-0.2, 0) is 14.2 Å². The molecule has 4 rings (SSSR count). The molecule has 4 nitrogen and oxygen atoms in total. The van der Waals surface area contributed by atoms with Gasteiger partial charge in [0, 0.05) is 7.11 Å². The van der Waals surface area contributed by atoms with E-state index < -0.39 is 5.60 Å². The molecular weight excluding hydrogens is 244 g/mol. The van der Waals surface area contributed by atoms with E-state index in [2.05, 4.69) is 0 Å². The highest BCUT2D eigenvalue weighted by atomic mass is 16.7. The van der Waals surface area contributed by atoms with Crippen molar-refractivity contribution in [3.05, 3.63) is 0 Å². The zero-order valence-corrected chi connectivity index (χ0v) is 12.1. The van der Waals surface area contributed by atoms with Gasteiger partial charge in [0.05, 0.1) is 24.4 Å². The van der Waals surface area contributed by atoms with Crippen LogP contribution in [0, 0.1) is 17.8 Å². The molecule has 5 atom stereocenters. The Kier molecular flexibility index (Phi) is 3.63. The maximum absolute atomic E-state index is 10.6. The van der Waals surface area contributed by atoms with Gasteiger partial charge in [-0.2, -0.15) is 0 Å². The van der Waals surface area contributed by atoms with Gasteiger partial charge in [-0.3, -0.25) is 0 Å². The van der Waals surface area contributed by atoms with Gasteiger partial charge in [-0.05, 0) is 56.8 Å². The number of ether oxygens (including phenoxy) is 3. The second-order valence-corrected chi connectivity index (χ2v) is 6.92. The van der Waals surface area contributed by atoms with E-state index in [4.69, 9.17) is 14.2 Å². The zero-order chi connectivity index (χ0) is 13.5. The predicted molar refractivity (Wildman–Crippen MR) is 70.7 cm³/mol. The van der Waals surface area contributed by atoms with E-state index in [0.717, 1.165) is 25.2 Å². The molecule has 0 radical (unpaired) electrons. The summed E-state index contributed by atoms with van der Waals surface area (Å²) in [6.07, 6.45) is 5.52. The fourth-order valence-electron chi connectivity index (χ4n) is 4.68. The number of hydrogen-bond donors (Lipinski definition) is 1. The lowest BCUT2D eigenvalue weighted by molar-refractivity contribution is -0.258. The molecule has 4 saturated carbocycles. The highest BCUT2D eigenvalue weighted by Crippen LogP contribution is 2.60. The minimum atomic E-state index is -0.472. The second-order valence-electron chi connectivity index (χ2n) is 6.92. The Labute approximate surface area is 115 Å². The van der Waals surface area contributed by atoms with Crippen LogP contribution in [0.4, 0.5) is 0 Å². The molecule has 110 valence electrons. The van der Waals surface area contributed by atoms with Crippen molar-refractivity contribution in [3.8, 4) is 0 Å². The Hall–Kier alpha value is -0.160. The van der Waals surface area contributed by atoms with Crippen LogP contribution < -0.4 is 0 Å². The summed E-state index contributed by atoms with van der Waals surface area (Å²) in [5, 5.41) is 10.6. The third kappa shape index (κ3) is 2.44. The average molecular weight is 270 g/mol. The molecule has 0 aromatic carbocycles. The van der Waals surface area contributed by atoms with Crippen molar-refractivity contribution in [2.45, 2.75) is 50.2 Å². The Morgan fingerprint density at radius 1 is 1.11 bits per heavy atom. The molecule has 0 amide bonds. The highest BCUT2D eigenvalue weighted by Gasteiger charge is 2.60. The third-order valence-electron chi connectivity index (χ3n) is 5.67.